The van der Waals surface area contributed by atoms with Gasteiger partial charge in [-0.1, -0.05) is 53.8 Å². The Labute approximate surface area is 176 Å². The molecule has 0 saturated heterocycles. The monoisotopic (exact) mass is 420 g/mol. The van der Waals surface area contributed by atoms with E-state index in [0.29, 0.717) is 15.3 Å². The van der Waals surface area contributed by atoms with Crippen LogP contribution in [-0.2, 0) is 11.3 Å². The van der Waals surface area contributed by atoms with E-state index in [2.05, 4.69) is 4.98 Å². The highest BCUT2D eigenvalue weighted by Gasteiger charge is 2.26. The van der Waals surface area contributed by atoms with Crippen molar-refractivity contribution in [2.75, 3.05) is 12.0 Å². The molecule has 0 fully saturated rings. The Balaban J connectivity index is 1.81. The van der Waals surface area contributed by atoms with Crippen LogP contribution in [-0.4, -0.2) is 24.0 Å². The van der Waals surface area contributed by atoms with Crippen LogP contribution in [0.2, 0.25) is 0 Å². The van der Waals surface area contributed by atoms with Gasteiger partial charge in [0.1, 0.15) is 5.82 Å². The van der Waals surface area contributed by atoms with E-state index < -0.39 is 5.97 Å². The van der Waals surface area contributed by atoms with E-state index in [1.165, 1.54) is 35.5 Å². The van der Waals surface area contributed by atoms with E-state index in [1.807, 2.05) is 30.3 Å². The van der Waals surface area contributed by atoms with Gasteiger partial charge in [-0.05, 0) is 35.9 Å². The molecule has 0 spiro atoms. The Morgan fingerprint density at radius 3 is 2.43 bits per heavy atom. The lowest BCUT2D eigenvalue weighted by Gasteiger charge is -2.21. The van der Waals surface area contributed by atoms with Gasteiger partial charge >= 0.3 is 5.97 Å². The zero-order valence-electron chi connectivity index (χ0n) is 16.0. The highest BCUT2D eigenvalue weighted by atomic mass is 32.1. The van der Waals surface area contributed by atoms with Crippen LogP contribution >= 0.6 is 11.3 Å². The van der Waals surface area contributed by atoms with Gasteiger partial charge in [0.15, 0.2) is 5.13 Å². The summed E-state index contributed by atoms with van der Waals surface area (Å²) < 4.78 is 19.1. The van der Waals surface area contributed by atoms with Gasteiger partial charge in [0.05, 0.1) is 35.0 Å². The summed E-state index contributed by atoms with van der Waals surface area (Å²) in [6.45, 7) is 0.248. The molecule has 7 heteroatoms. The lowest BCUT2D eigenvalue weighted by atomic mass is 10.1. The van der Waals surface area contributed by atoms with Crippen molar-refractivity contribution in [2.45, 2.75) is 6.54 Å². The van der Waals surface area contributed by atoms with Gasteiger partial charge in [0, 0.05) is 0 Å². The normalized spacial score (nSPS) is 10.7. The van der Waals surface area contributed by atoms with Gasteiger partial charge in [-0.25, -0.2) is 14.2 Å². The number of ether oxygens (including phenoxy) is 1. The molecule has 0 unspecified atom stereocenters. The van der Waals surface area contributed by atoms with Crippen LogP contribution in [0.5, 0.6) is 0 Å². The number of esters is 1. The Bertz CT molecular complexity index is 1220. The molecule has 0 aliphatic heterocycles. The molecule has 30 heavy (non-hydrogen) atoms. The standard InChI is InChI=1S/C23H17FN2O3S/c1-29-22(28)18-10-6-5-9-17(18)21(27)26(14-15-7-3-2-4-8-15)23-25-19-12-11-16(24)13-20(19)30-23/h2-13H,14H2,1H3. The Kier molecular flexibility index (Phi) is 5.54. The lowest BCUT2D eigenvalue weighted by molar-refractivity contribution is 0.0597. The first kappa shape index (κ1) is 19.7. The molecule has 0 N–H and O–H groups in total. The molecule has 1 heterocycles. The van der Waals surface area contributed by atoms with E-state index in [-0.39, 0.29) is 29.4 Å². The summed E-state index contributed by atoms with van der Waals surface area (Å²) in [7, 11) is 1.27. The third-order valence-electron chi connectivity index (χ3n) is 4.56. The predicted molar refractivity (Wildman–Crippen MR) is 114 cm³/mol. The summed E-state index contributed by atoms with van der Waals surface area (Å²) in [4.78, 5) is 31.8. The van der Waals surface area contributed by atoms with Crippen molar-refractivity contribution in [1.82, 2.24) is 4.98 Å². The minimum Gasteiger partial charge on any atom is -0.465 e. The fourth-order valence-corrected chi connectivity index (χ4v) is 4.09. The number of hydrogen-bond acceptors (Lipinski definition) is 5. The van der Waals surface area contributed by atoms with Crippen LogP contribution in [0.1, 0.15) is 26.3 Å². The quantitative estimate of drug-likeness (QED) is 0.423. The number of carbonyl (C=O) groups is 2. The number of carbonyl (C=O) groups excluding carboxylic acids is 2. The highest BCUT2D eigenvalue weighted by Crippen LogP contribution is 2.31. The fraction of sp³-hybridized carbons (Fsp3) is 0.0870. The third kappa shape index (κ3) is 3.92. The topological polar surface area (TPSA) is 59.5 Å². The average molecular weight is 420 g/mol. The van der Waals surface area contributed by atoms with Crippen molar-refractivity contribution in [3.05, 3.63) is 95.3 Å². The van der Waals surface area contributed by atoms with Crippen LogP contribution in [0.25, 0.3) is 10.2 Å². The molecular formula is C23H17FN2O3S. The summed E-state index contributed by atoms with van der Waals surface area (Å²) in [5.74, 6) is -1.35. The molecule has 1 aromatic heterocycles. The first-order valence-electron chi connectivity index (χ1n) is 9.16. The number of anilines is 1. The van der Waals surface area contributed by atoms with Crippen LogP contribution in [0.4, 0.5) is 9.52 Å². The van der Waals surface area contributed by atoms with Crippen molar-refractivity contribution in [3.63, 3.8) is 0 Å². The zero-order valence-corrected chi connectivity index (χ0v) is 16.9. The number of hydrogen-bond donors (Lipinski definition) is 0. The smallest absolute Gasteiger partial charge is 0.338 e. The van der Waals surface area contributed by atoms with E-state index in [9.17, 15) is 14.0 Å². The second kappa shape index (κ2) is 8.42. The summed E-state index contributed by atoms with van der Waals surface area (Å²) in [5.41, 5.74) is 1.89. The molecule has 0 bridgehead atoms. The number of halogens is 1. The van der Waals surface area contributed by atoms with Crippen LogP contribution in [0, 0.1) is 5.82 Å². The van der Waals surface area contributed by atoms with Crippen molar-refractivity contribution in [2.24, 2.45) is 0 Å². The number of nitrogens with zero attached hydrogens (tertiary/aromatic N) is 2. The lowest BCUT2D eigenvalue weighted by Crippen LogP contribution is -2.31. The maximum atomic E-state index is 13.6. The Morgan fingerprint density at radius 1 is 1.00 bits per heavy atom. The molecule has 1 amide bonds. The first-order chi connectivity index (χ1) is 14.6. The van der Waals surface area contributed by atoms with Crippen molar-refractivity contribution < 1.29 is 18.7 Å². The molecular weight excluding hydrogens is 403 g/mol. The number of fused-ring (bicyclic) bond motifs is 1. The minimum atomic E-state index is -0.593. The second-order valence-corrected chi connectivity index (χ2v) is 7.53. The number of benzene rings is 3. The SMILES string of the molecule is COC(=O)c1ccccc1C(=O)N(Cc1ccccc1)c1nc2ccc(F)cc2s1. The second-order valence-electron chi connectivity index (χ2n) is 6.52. The number of thiazole rings is 1. The maximum Gasteiger partial charge on any atom is 0.338 e. The summed E-state index contributed by atoms with van der Waals surface area (Å²) in [6, 6.07) is 20.3. The van der Waals surface area contributed by atoms with E-state index in [1.54, 1.807) is 30.3 Å². The molecule has 0 atom stereocenters. The van der Waals surface area contributed by atoms with Gasteiger partial charge in [-0.3, -0.25) is 9.69 Å². The molecule has 150 valence electrons. The number of rotatable bonds is 5. The third-order valence-corrected chi connectivity index (χ3v) is 5.60. The van der Waals surface area contributed by atoms with Crippen molar-refractivity contribution in [3.8, 4) is 0 Å². The molecule has 4 rings (SSSR count). The van der Waals surface area contributed by atoms with Gasteiger partial charge in [0.25, 0.3) is 5.91 Å². The van der Waals surface area contributed by atoms with Gasteiger partial charge in [0.2, 0.25) is 0 Å². The summed E-state index contributed by atoms with van der Waals surface area (Å²) in [5, 5.41) is 0.420. The summed E-state index contributed by atoms with van der Waals surface area (Å²) >= 11 is 1.22. The molecule has 0 saturated carbocycles. The molecule has 0 aliphatic rings. The van der Waals surface area contributed by atoms with Gasteiger partial charge in [-0.15, -0.1) is 0 Å². The van der Waals surface area contributed by atoms with Crippen molar-refractivity contribution in [1.29, 1.82) is 0 Å². The average Bonchev–Trinajstić information content (AvgIpc) is 3.20. The Morgan fingerprint density at radius 2 is 1.70 bits per heavy atom. The minimum absolute atomic E-state index is 0.176. The molecule has 4 aromatic rings. The molecule has 5 nitrogen and oxygen atoms in total. The van der Waals surface area contributed by atoms with Crippen LogP contribution in [0.15, 0.2) is 72.8 Å². The molecule has 0 aliphatic carbocycles. The first-order valence-corrected chi connectivity index (χ1v) is 9.97. The molecule has 0 radical (unpaired) electrons. The van der Waals surface area contributed by atoms with Gasteiger partial charge < -0.3 is 4.74 Å². The predicted octanol–water partition coefficient (Wildman–Crippen LogP) is 5.07. The number of methoxy groups -OCH3 is 1. The number of aromatic nitrogens is 1. The van der Waals surface area contributed by atoms with Crippen LogP contribution < -0.4 is 4.90 Å². The zero-order chi connectivity index (χ0) is 21.1. The number of amides is 1. The fourth-order valence-electron chi connectivity index (χ4n) is 3.10. The maximum absolute atomic E-state index is 13.6. The molecule has 3 aromatic carbocycles. The van der Waals surface area contributed by atoms with E-state index in [0.717, 1.165) is 5.56 Å². The van der Waals surface area contributed by atoms with E-state index in [4.69, 9.17) is 4.74 Å². The largest absolute Gasteiger partial charge is 0.465 e. The van der Waals surface area contributed by atoms with E-state index >= 15 is 0 Å². The Hall–Kier alpha value is -3.58. The van der Waals surface area contributed by atoms with Crippen LogP contribution in [0.3, 0.4) is 0 Å². The van der Waals surface area contributed by atoms with Gasteiger partial charge in [-0.2, -0.15) is 0 Å². The van der Waals surface area contributed by atoms with Crippen molar-refractivity contribution >= 4 is 38.6 Å². The summed E-state index contributed by atoms with van der Waals surface area (Å²) in [6.07, 6.45) is 0. The highest BCUT2D eigenvalue weighted by molar-refractivity contribution is 7.22.